The highest BCUT2D eigenvalue weighted by Crippen LogP contribution is 2.19. The normalized spacial score (nSPS) is 21.1. The average molecular weight is 257 g/mol. The zero-order chi connectivity index (χ0) is 9.80. The van der Waals surface area contributed by atoms with Crippen molar-refractivity contribution in [1.29, 1.82) is 0 Å². The first-order chi connectivity index (χ1) is 6.84. The van der Waals surface area contributed by atoms with Gasteiger partial charge in [-0.3, -0.25) is 0 Å². The Hall–Kier alpha value is -0.540. The maximum atomic E-state index is 5.62. The highest BCUT2D eigenvalue weighted by atomic mass is 79.9. The molecule has 1 aromatic rings. The first kappa shape index (κ1) is 9.99. The summed E-state index contributed by atoms with van der Waals surface area (Å²) in [5, 5.41) is 0. The van der Waals surface area contributed by atoms with Gasteiger partial charge >= 0.3 is 0 Å². The minimum atomic E-state index is 0.286. The molecule has 1 fully saturated rings. The lowest BCUT2D eigenvalue weighted by atomic mass is 10.2. The monoisotopic (exact) mass is 256 g/mol. The standard InChI is InChI=1S/C11H13BrO2/c12-9-3-1-4-10(7-9)14-8-11-5-2-6-13-11/h1,3-4,7,11H,2,5-6,8H2/t11-/m1/s1. The Balaban J connectivity index is 1.85. The first-order valence-corrected chi connectivity index (χ1v) is 5.64. The maximum absolute atomic E-state index is 5.62. The van der Waals surface area contributed by atoms with Gasteiger partial charge in [0.15, 0.2) is 0 Å². The van der Waals surface area contributed by atoms with Crippen LogP contribution in [0.15, 0.2) is 28.7 Å². The van der Waals surface area contributed by atoms with Gasteiger partial charge in [0.2, 0.25) is 0 Å². The Kier molecular flexibility index (Phi) is 3.43. The summed E-state index contributed by atoms with van der Waals surface area (Å²) in [5.74, 6) is 0.898. The molecule has 1 atom stereocenters. The van der Waals surface area contributed by atoms with Crippen LogP contribution in [0, 0.1) is 0 Å². The third-order valence-electron chi connectivity index (χ3n) is 2.26. The summed E-state index contributed by atoms with van der Waals surface area (Å²) in [4.78, 5) is 0. The lowest BCUT2D eigenvalue weighted by Gasteiger charge is -2.11. The van der Waals surface area contributed by atoms with Crippen molar-refractivity contribution in [3.8, 4) is 5.75 Å². The molecule has 0 aromatic heterocycles. The predicted octanol–water partition coefficient (Wildman–Crippen LogP) is 3.01. The van der Waals surface area contributed by atoms with E-state index in [1.165, 1.54) is 0 Å². The van der Waals surface area contributed by atoms with Crippen LogP contribution in [0.2, 0.25) is 0 Å². The van der Waals surface area contributed by atoms with Gasteiger partial charge in [-0.1, -0.05) is 22.0 Å². The number of hydrogen-bond donors (Lipinski definition) is 0. The van der Waals surface area contributed by atoms with Gasteiger partial charge in [-0.15, -0.1) is 0 Å². The van der Waals surface area contributed by atoms with Gasteiger partial charge in [0.1, 0.15) is 12.4 Å². The molecule has 1 aliphatic heterocycles. The number of rotatable bonds is 3. The van der Waals surface area contributed by atoms with Gasteiger partial charge in [0.05, 0.1) is 6.10 Å². The van der Waals surface area contributed by atoms with Gasteiger partial charge in [-0.05, 0) is 31.0 Å². The van der Waals surface area contributed by atoms with E-state index in [1.54, 1.807) is 0 Å². The molecule has 0 N–H and O–H groups in total. The quantitative estimate of drug-likeness (QED) is 0.828. The third-order valence-corrected chi connectivity index (χ3v) is 2.75. The third kappa shape index (κ3) is 2.72. The number of ether oxygens (including phenoxy) is 2. The maximum Gasteiger partial charge on any atom is 0.120 e. The molecule has 0 unspecified atom stereocenters. The second kappa shape index (κ2) is 4.80. The largest absolute Gasteiger partial charge is 0.491 e. The predicted molar refractivity (Wildman–Crippen MR) is 58.6 cm³/mol. The van der Waals surface area contributed by atoms with Gasteiger partial charge < -0.3 is 9.47 Å². The molecule has 0 aliphatic carbocycles. The highest BCUT2D eigenvalue weighted by molar-refractivity contribution is 9.10. The Morgan fingerprint density at radius 3 is 3.14 bits per heavy atom. The molecule has 2 rings (SSSR count). The van der Waals surface area contributed by atoms with Crippen molar-refractivity contribution in [3.63, 3.8) is 0 Å². The van der Waals surface area contributed by atoms with E-state index in [4.69, 9.17) is 9.47 Å². The fraction of sp³-hybridized carbons (Fsp3) is 0.455. The molecule has 1 heterocycles. The summed E-state index contributed by atoms with van der Waals surface area (Å²) >= 11 is 3.40. The summed E-state index contributed by atoms with van der Waals surface area (Å²) in [6, 6.07) is 7.88. The Morgan fingerprint density at radius 2 is 2.43 bits per heavy atom. The minimum absolute atomic E-state index is 0.286. The van der Waals surface area contributed by atoms with Crippen LogP contribution >= 0.6 is 15.9 Å². The molecule has 0 radical (unpaired) electrons. The lowest BCUT2D eigenvalue weighted by molar-refractivity contribution is 0.0679. The minimum Gasteiger partial charge on any atom is -0.491 e. The van der Waals surface area contributed by atoms with Crippen molar-refractivity contribution in [2.75, 3.05) is 13.2 Å². The van der Waals surface area contributed by atoms with Crippen LogP contribution in [0.5, 0.6) is 5.75 Å². The van der Waals surface area contributed by atoms with Crippen LogP contribution in [-0.2, 0) is 4.74 Å². The highest BCUT2D eigenvalue weighted by Gasteiger charge is 2.15. The summed E-state index contributed by atoms with van der Waals surface area (Å²) in [6.45, 7) is 1.54. The fourth-order valence-electron chi connectivity index (χ4n) is 1.52. The second-order valence-electron chi connectivity index (χ2n) is 3.40. The van der Waals surface area contributed by atoms with E-state index in [-0.39, 0.29) is 6.10 Å². The van der Waals surface area contributed by atoms with Crippen LogP contribution < -0.4 is 4.74 Å². The smallest absolute Gasteiger partial charge is 0.120 e. The zero-order valence-electron chi connectivity index (χ0n) is 7.91. The van der Waals surface area contributed by atoms with Gasteiger partial charge in [-0.2, -0.15) is 0 Å². The second-order valence-corrected chi connectivity index (χ2v) is 4.32. The van der Waals surface area contributed by atoms with E-state index >= 15 is 0 Å². The number of halogens is 1. The van der Waals surface area contributed by atoms with E-state index in [1.807, 2.05) is 24.3 Å². The Morgan fingerprint density at radius 1 is 1.50 bits per heavy atom. The van der Waals surface area contributed by atoms with E-state index < -0.39 is 0 Å². The molecule has 14 heavy (non-hydrogen) atoms. The van der Waals surface area contributed by atoms with Gasteiger partial charge in [0, 0.05) is 11.1 Å². The molecule has 76 valence electrons. The molecule has 0 spiro atoms. The Labute approximate surface area is 92.3 Å². The molecule has 2 nitrogen and oxygen atoms in total. The van der Waals surface area contributed by atoms with Crippen LogP contribution in [0.25, 0.3) is 0 Å². The summed E-state index contributed by atoms with van der Waals surface area (Å²) in [7, 11) is 0. The van der Waals surface area contributed by atoms with Crippen LogP contribution in [0.1, 0.15) is 12.8 Å². The van der Waals surface area contributed by atoms with E-state index in [2.05, 4.69) is 15.9 Å². The molecule has 3 heteroatoms. The molecule has 0 bridgehead atoms. The average Bonchev–Trinajstić information content (AvgIpc) is 2.67. The SMILES string of the molecule is Brc1cccc(OC[C@H]2CCCO2)c1. The molecule has 0 saturated carbocycles. The van der Waals surface area contributed by atoms with E-state index in [9.17, 15) is 0 Å². The number of hydrogen-bond acceptors (Lipinski definition) is 2. The molecule has 1 aromatic carbocycles. The molecule has 1 saturated heterocycles. The van der Waals surface area contributed by atoms with Crippen LogP contribution in [0.4, 0.5) is 0 Å². The van der Waals surface area contributed by atoms with Crippen LogP contribution in [0.3, 0.4) is 0 Å². The van der Waals surface area contributed by atoms with Gasteiger partial charge in [-0.25, -0.2) is 0 Å². The van der Waals surface area contributed by atoms with Gasteiger partial charge in [0.25, 0.3) is 0 Å². The van der Waals surface area contributed by atoms with Crippen LogP contribution in [-0.4, -0.2) is 19.3 Å². The van der Waals surface area contributed by atoms with Crippen molar-refractivity contribution in [1.82, 2.24) is 0 Å². The summed E-state index contributed by atoms with van der Waals surface area (Å²) < 4.78 is 12.1. The topological polar surface area (TPSA) is 18.5 Å². The van der Waals surface area contributed by atoms with Crippen molar-refractivity contribution in [3.05, 3.63) is 28.7 Å². The summed E-state index contributed by atoms with van der Waals surface area (Å²) in [5.41, 5.74) is 0. The van der Waals surface area contributed by atoms with Crippen molar-refractivity contribution >= 4 is 15.9 Å². The van der Waals surface area contributed by atoms with E-state index in [0.29, 0.717) is 6.61 Å². The van der Waals surface area contributed by atoms with Crippen molar-refractivity contribution in [2.24, 2.45) is 0 Å². The van der Waals surface area contributed by atoms with E-state index in [0.717, 1.165) is 29.7 Å². The first-order valence-electron chi connectivity index (χ1n) is 4.84. The van der Waals surface area contributed by atoms with Crippen molar-refractivity contribution in [2.45, 2.75) is 18.9 Å². The fourth-order valence-corrected chi connectivity index (χ4v) is 1.90. The zero-order valence-corrected chi connectivity index (χ0v) is 9.50. The van der Waals surface area contributed by atoms with Crippen molar-refractivity contribution < 1.29 is 9.47 Å². The lowest BCUT2D eigenvalue weighted by Crippen LogP contribution is -2.16. The molecule has 1 aliphatic rings. The Bertz CT molecular complexity index is 295. The molecular formula is C11H13BrO2. The number of benzene rings is 1. The molecular weight excluding hydrogens is 244 g/mol. The summed E-state index contributed by atoms with van der Waals surface area (Å²) in [6.07, 6.45) is 2.56. The molecule has 0 amide bonds.